The maximum Gasteiger partial charge on any atom is 0.236 e. The molecule has 0 aliphatic carbocycles. The van der Waals surface area contributed by atoms with Gasteiger partial charge in [0.25, 0.3) is 0 Å². The molecule has 2 aromatic rings. The molecule has 150 valence electrons. The van der Waals surface area contributed by atoms with Gasteiger partial charge >= 0.3 is 0 Å². The quantitative estimate of drug-likeness (QED) is 0.749. The molecular weight excluding hydrogens is 350 g/mol. The van der Waals surface area contributed by atoms with E-state index in [0.29, 0.717) is 6.54 Å². The molecule has 0 saturated carbocycles. The zero-order chi connectivity index (χ0) is 19.9. The van der Waals surface area contributed by atoms with Gasteiger partial charge in [0.05, 0.1) is 13.7 Å². The van der Waals surface area contributed by atoms with Gasteiger partial charge in [-0.05, 0) is 61.7 Å². The number of piperazine rings is 1. The number of ether oxygens (including phenoxy) is 1. The van der Waals surface area contributed by atoms with Crippen LogP contribution >= 0.6 is 0 Å². The van der Waals surface area contributed by atoms with E-state index in [1.54, 1.807) is 7.11 Å². The molecule has 0 atom stereocenters. The van der Waals surface area contributed by atoms with E-state index in [0.717, 1.165) is 44.9 Å². The van der Waals surface area contributed by atoms with Gasteiger partial charge in [-0.3, -0.25) is 4.79 Å². The minimum atomic E-state index is 0.186. The van der Waals surface area contributed by atoms with Crippen LogP contribution in [0.25, 0.3) is 0 Å². The predicted molar refractivity (Wildman–Crippen MR) is 114 cm³/mol. The average Bonchev–Trinajstić information content (AvgIpc) is 2.73. The summed E-state index contributed by atoms with van der Waals surface area (Å²) in [5.41, 5.74) is 5.16. The molecule has 0 unspecified atom stereocenters. The number of hydrogen-bond acceptors (Lipinski definition) is 4. The Morgan fingerprint density at radius 3 is 2.57 bits per heavy atom. The van der Waals surface area contributed by atoms with Gasteiger partial charge in [-0.2, -0.15) is 0 Å². The number of benzene rings is 2. The van der Waals surface area contributed by atoms with Crippen LogP contribution in [0.4, 0.5) is 5.69 Å². The van der Waals surface area contributed by atoms with Gasteiger partial charge in [-0.25, -0.2) is 0 Å². The Morgan fingerprint density at radius 1 is 1.07 bits per heavy atom. The standard InChI is InChI=1S/C23H31N3O2/c1-18-6-4-9-22(19(18)2)25-12-14-26(15-13-25)23(27)17-24-11-10-20-7-5-8-21(16-20)28-3/h4-9,16,24H,10-15,17H2,1-3H3. The van der Waals surface area contributed by atoms with Gasteiger partial charge in [-0.1, -0.05) is 24.3 Å². The molecule has 3 rings (SSSR count). The van der Waals surface area contributed by atoms with Crippen molar-refractivity contribution in [1.29, 1.82) is 0 Å². The molecule has 0 aromatic heterocycles. The molecule has 1 heterocycles. The Hall–Kier alpha value is -2.53. The minimum Gasteiger partial charge on any atom is -0.497 e. The summed E-state index contributed by atoms with van der Waals surface area (Å²) >= 11 is 0. The van der Waals surface area contributed by atoms with Crippen molar-refractivity contribution in [3.05, 3.63) is 59.2 Å². The van der Waals surface area contributed by atoms with Crippen LogP contribution in [0, 0.1) is 13.8 Å². The largest absolute Gasteiger partial charge is 0.497 e. The summed E-state index contributed by atoms with van der Waals surface area (Å²) in [5, 5.41) is 3.28. The first-order chi connectivity index (χ1) is 13.6. The van der Waals surface area contributed by atoms with E-state index in [4.69, 9.17) is 4.74 Å². The average molecular weight is 382 g/mol. The van der Waals surface area contributed by atoms with Crippen LogP contribution in [-0.2, 0) is 11.2 Å². The molecule has 2 aromatic carbocycles. The van der Waals surface area contributed by atoms with E-state index >= 15 is 0 Å². The highest BCUT2D eigenvalue weighted by Crippen LogP contribution is 2.23. The molecule has 1 saturated heterocycles. The lowest BCUT2D eigenvalue weighted by molar-refractivity contribution is -0.130. The van der Waals surface area contributed by atoms with Crippen LogP contribution < -0.4 is 15.0 Å². The number of amides is 1. The summed E-state index contributed by atoms with van der Waals surface area (Å²) in [5.74, 6) is 1.06. The van der Waals surface area contributed by atoms with E-state index < -0.39 is 0 Å². The number of nitrogens with one attached hydrogen (secondary N) is 1. The van der Waals surface area contributed by atoms with Crippen LogP contribution in [0.3, 0.4) is 0 Å². The Balaban J connectivity index is 1.41. The number of rotatable bonds is 7. The monoisotopic (exact) mass is 381 g/mol. The molecule has 1 aliphatic heterocycles. The van der Waals surface area contributed by atoms with Gasteiger partial charge in [-0.15, -0.1) is 0 Å². The van der Waals surface area contributed by atoms with Crippen molar-refractivity contribution >= 4 is 11.6 Å². The van der Waals surface area contributed by atoms with E-state index in [9.17, 15) is 4.79 Å². The van der Waals surface area contributed by atoms with Gasteiger partial charge in [0, 0.05) is 31.9 Å². The van der Waals surface area contributed by atoms with Crippen molar-refractivity contribution in [3.63, 3.8) is 0 Å². The second-order valence-electron chi connectivity index (χ2n) is 7.37. The van der Waals surface area contributed by atoms with Crippen LogP contribution in [0.2, 0.25) is 0 Å². The summed E-state index contributed by atoms with van der Waals surface area (Å²) in [7, 11) is 1.68. The van der Waals surface area contributed by atoms with Crippen LogP contribution in [0.1, 0.15) is 16.7 Å². The van der Waals surface area contributed by atoms with E-state index in [1.165, 1.54) is 22.4 Å². The lowest BCUT2D eigenvalue weighted by atomic mass is 10.1. The zero-order valence-electron chi connectivity index (χ0n) is 17.2. The third-order valence-electron chi connectivity index (χ3n) is 5.55. The molecule has 0 radical (unpaired) electrons. The number of carbonyl (C=O) groups is 1. The molecule has 0 bridgehead atoms. The molecule has 28 heavy (non-hydrogen) atoms. The third-order valence-corrected chi connectivity index (χ3v) is 5.55. The summed E-state index contributed by atoms with van der Waals surface area (Å²) in [4.78, 5) is 16.9. The topological polar surface area (TPSA) is 44.8 Å². The molecule has 0 spiro atoms. The highest BCUT2D eigenvalue weighted by atomic mass is 16.5. The normalized spacial score (nSPS) is 14.2. The fourth-order valence-corrected chi connectivity index (χ4v) is 3.64. The van der Waals surface area contributed by atoms with Crippen LogP contribution in [0.5, 0.6) is 5.75 Å². The molecule has 1 aliphatic rings. The molecule has 5 heteroatoms. The Morgan fingerprint density at radius 2 is 1.82 bits per heavy atom. The van der Waals surface area contributed by atoms with Crippen LogP contribution in [0.15, 0.2) is 42.5 Å². The van der Waals surface area contributed by atoms with Gasteiger partial charge in [0.1, 0.15) is 5.75 Å². The van der Waals surface area contributed by atoms with E-state index in [2.05, 4.69) is 48.3 Å². The van der Waals surface area contributed by atoms with Gasteiger partial charge in [0.15, 0.2) is 0 Å². The van der Waals surface area contributed by atoms with E-state index in [-0.39, 0.29) is 5.91 Å². The highest BCUT2D eigenvalue weighted by Gasteiger charge is 2.21. The SMILES string of the molecule is COc1cccc(CCNCC(=O)N2CCN(c3cccc(C)c3C)CC2)c1. The molecule has 1 N–H and O–H groups in total. The molecule has 5 nitrogen and oxygen atoms in total. The van der Waals surface area contributed by atoms with Crippen molar-refractivity contribution in [2.45, 2.75) is 20.3 Å². The van der Waals surface area contributed by atoms with Crippen LogP contribution in [-0.4, -0.2) is 57.2 Å². The second-order valence-corrected chi connectivity index (χ2v) is 7.37. The Bertz CT molecular complexity index is 798. The summed E-state index contributed by atoms with van der Waals surface area (Å²) in [6.45, 7) is 8.84. The number of nitrogens with zero attached hydrogens (tertiary/aromatic N) is 2. The first-order valence-electron chi connectivity index (χ1n) is 10.0. The Kier molecular flexibility index (Phi) is 6.93. The van der Waals surface area contributed by atoms with Crippen molar-refractivity contribution in [3.8, 4) is 5.75 Å². The first kappa shape index (κ1) is 20.2. The maximum absolute atomic E-state index is 12.5. The number of hydrogen-bond donors (Lipinski definition) is 1. The number of aryl methyl sites for hydroxylation is 1. The van der Waals surface area contributed by atoms with Crippen molar-refractivity contribution in [2.24, 2.45) is 0 Å². The van der Waals surface area contributed by atoms with Gasteiger partial charge < -0.3 is 19.9 Å². The highest BCUT2D eigenvalue weighted by molar-refractivity contribution is 5.78. The number of carbonyl (C=O) groups excluding carboxylic acids is 1. The number of anilines is 1. The molecule has 1 fully saturated rings. The summed E-state index contributed by atoms with van der Waals surface area (Å²) < 4.78 is 5.25. The number of methoxy groups -OCH3 is 1. The fraction of sp³-hybridized carbons (Fsp3) is 0.435. The van der Waals surface area contributed by atoms with Crippen molar-refractivity contribution in [1.82, 2.24) is 10.2 Å². The smallest absolute Gasteiger partial charge is 0.236 e. The van der Waals surface area contributed by atoms with Crippen molar-refractivity contribution < 1.29 is 9.53 Å². The van der Waals surface area contributed by atoms with Gasteiger partial charge in [0.2, 0.25) is 5.91 Å². The maximum atomic E-state index is 12.5. The first-order valence-corrected chi connectivity index (χ1v) is 10.0. The van der Waals surface area contributed by atoms with E-state index in [1.807, 2.05) is 23.1 Å². The second kappa shape index (κ2) is 9.60. The van der Waals surface area contributed by atoms with Crippen molar-refractivity contribution in [2.75, 3.05) is 51.3 Å². The minimum absolute atomic E-state index is 0.186. The lowest BCUT2D eigenvalue weighted by Crippen LogP contribution is -2.51. The lowest BCUT2D eigenvalue weighted by Gasteiger charge is -2.37. The fourth-order valence-electron chi connectivity index (χ4n) is 3.64. The molecular formula is C23H31N3O2. The third kappa shape index (κ3) is 5.04. The molecule has 1 amide bonds. The summed E-state index contributed by atoms with van der Waals surface area (Å²) in [6, 6.07) is 14.5. The summed E-state index contributed by atoms with van der Waals surface area (Å²) in [6.07, 6.45) is 0.880. The zero-order valence-corrected chi connectivity index (χ0v) is 17.2. The predicted octanol–water partition coefficient (Wildman–Crippen LogP) is 2.79. The Labute approximate surface area is 168 Å².